The van der Waals surface area contributed by atoms with E-state index < -0.39 is 0 Å². The summed E-state index contributed by atoms with van der Waals surface area (Å²) in [5.74, 6) is 1.00. The van der Waals surface area contributed by atoms with E-state index in [-0.39, 0.29) is 18.1 Å². The Labute approximate surface area is 192 Å². The number of carbonyl (C=O) groups is 1. The van der Waals surface area contributed by atoms with Crippen LogP contribution in [0.25, 0.3) is 0 Å². The van der Waals surface area contributed by atoms with E-state index in [1.165, 1.54) is 11.1 Å². The number of aryl methyl sites for hydroxylation is 1. The highest BCUT2D eigenvalue weighted by Crippen LogP contribution is 2.34. The Kier molecular flexibility index (Phi) is 7.48. The number of hydrogen-bond acceptors (Lipinski definition) is 4. The smallest absolute Gasteiger partial charge is 0.237 e. The van der Waals surface area contributed by atoms with Gasteiger partial charge in [-0.15, -0.1) is 0 Å². The normalized spacial score (nSPS) is 22.9. The van der Waals surface area contributed by atoms with Gasteiger partial charge in [0.15, 0.2) is 0 Å². The molecule has 0 heterocycles. The lowest BCUT2D eigenvalue weighted by Gasteiger charge is -2.38. The number of carbonyl (C=O) groups excluding carboxylic acids is 1. The van der Waals surface area contributed by atoms with E-state index in [0.29, 0.717) is 19.1 Å². The van der Waals surface area contributed by atoms with Crippen molar-refractivity contribution in [1.82, 2.24) is 9.80 Å². The zero-order valence-corrected chi connectivity index (χ0v) is 19.4. The van der Waals surface area contributed by atoms with Gasteiger partial charge in [0, 0.05) is 19.6 Å². The van der Waals surface area contributed by atoms with Gasteiger partial charge in [-0.2, -0.15) is 0 Å². The van der Waals surface area contributed by atoms with Crippen molar-refractivity contribution < 1.29 is 14.6 Å². The molecule has 1 unspecified atom stereocenters. The van der Waals surface area contributed by atoms with Crippen molar-refractivity contribution in [1.29, 1.82) is 0 Å². The minimum atomic E-state index is -0.206. The first kappa shape index (κ1) is 22.8. The quantitative estimate of drug-likeness (QED) is 0.702. The fourth-order valence-electron chi connectivity index (χ4n) is 5.33. The monoisotopic (exact) mass is 436 g/mol. The van der Waals surface area contributed by atoms with Crippen molar-refractivity contribution in [2.24, 2.45) is 0 Å². The zero-order valence-electron chi connectivity index (χ0n) is 19.4. The summed E-state index contributed by atoms with van der Waals surface area (Å²) in [5, 5.41) is 9.99. The molecule has 2 aliphatic rings. The highest BCUT2D eigenvalue weighted by Gasteiger charge is 2.30. The summed E-state index contributed by atoms with van der Waals surface area (Å²) in [7, 11) is 3.64. The first-order chi connectivity index (χ1) is 15.5. The Morgan fingerprint density at radius 2 is 1.84 bits per heavy atom. The van der Waals surface area contributed by atoms with E-state index >= 15 is 0 Å². The van der Waals surface area contributed by atoms with Gasteiger partial charge in [0.05, 0.1) is 25.8 Å². The molecule has 1 amide bonds. The zero-order chi connectivity index (χ0) is 22.5. The van der Waals surface area contributed by atoms with Crippen molar-refractivity contribution >= 4 is 5.91 Å². The van der Waals surface area contributed by atoms with Crippen LogP contribution in [0.4, 0.5) is 0 Å². The highest BCUT2D eigenvalue weighted by molar-refractivity contribution is 5.78. The molecule has 5 nitrogen and oxygen atoms in total. The van der Waals surface area contributed by atoms with E-state index in [1.807, 2.05) is 24.1 Å². The maximum Gasteiger partial charge on any atom is 0.237 e. The molecule has 0 spiro atoms. The van der Waals surface area contributed by atoms with Crippen molar-refractivity contribution in [3.05, 3.63) is 65.2 Å². The molecule has 172 valence electrons. The Morgan fingerprint density at radius 1 is 1.06 bits per heavy atom. The summed E-state index contributed by atoms with van der Waals surface area (Å²) in [4.78, 5) is 17.8. The minimum absolute atomic E-state index is 0.152. The van der Waals surface area contributed by atoms with Crippen molar-refractivity contribution in [3.8, 4) is 5.75 Å². The second kappa shape index (κ2) is 10.5. The standard InChI is InChI=1S/C27H36N2O3/c1-28(26-12-6-9-21-8-3-4-11-25(21)26)27(31)19-29(22-13-15-23(30)16-14-22)18-20-7-5-10-24(17-20)32-2/h3-5,7-8,10-11,17,22-23,26,30H,6,9,12-16,18-19H2,1-2H3. The van der Waals surface area contributed by atoms with Crippen molar-refractivity contribution in [2.45, 2.75) is 69.7 Å². The van der Waals surface area contributed by atoms with Crippen molar-refractivity contribution in [2.75, 3.05) is 20.7 Å². The minimum Gasteiger partial charge on any atom is -0.497 e. The third kappa shape index (κ3) is 5.33. The van der Waals surface area contributed by atoms with Crippen LogP contribution in [0, 0.1) is 0 Å². The summed E-state index contributed by atoms with van der Waals surface area (Å²) in [6.45, 7) is 1.10. The topological polar surface area (TPSA) is 53.0 Å². The average molecular weight is 437 g/mol. The van der Waals surface area contributed by atoms with Crippen LogP contribution >= 0.6 is 0 Å². The molecule has 0 radical (unpaired) electrons. The van der Waals surface area contributed by atoms with Gasteiger partial charge >= 0.3 is 0 Å². The number of methoxy groups -OCH3 is 1. The van der Waals surface area contributed by atoms with Crippen LogP contribution in [0.3, 0.4) is 0 Å². The molecule has 0 aromatic heterocycles. The number of hydrogen-bond donors (Lipinski definition) is 1. The number of ether oxygens (including phenoxy) is 1. The SMILES string of the molecule is COc1cccc(CN(CC(=O)N(C)C2CCCc3ccccc32)C2CCC(O)CC2)c1. The molecule has 1 atom stereocenters. The Balaban J connectivity index is 1.50. The molecule has 2 aromatic rings. The summed E-state index contributed by atoms with van der Waals surface area (Å²) in [5.41, 5.74) is 3.82. The number of fused-ring (bicyclic) bond motifs is 1. The molecule has 1 fully saturated rings. The lowest BCUT2D eigenvalue weighted by Crippen LogP contribution is -2.46. The molecule has 2 aromatic carbocycles. The van der Waals surface area contributed by atoms with Crippen LogP contribution in [0.1, 0.15) is 61.3 Å². The van der Waals surface area contributed by atoms with E-state index in [2.05, 4.69) is 41.3 Å². The molecule has 0 bridgehead atoms. The number of benzene rings is 2. The third-order valence-electron chi connectivity index (χ3n) is 7.24. The summed E-state index contributed by atoms with van der Waals surface area (Å²) < 4.78 is 5.40. The Morgan fingerprint density at radius 3 is 2.62 bits per heavy atom. The number of likely N-dealkylation sites (N-methyl/N-ethyl adjacent to an activating group) is 1. The second-order valence-corrected chi connectivity index (χ2v) is 9.33. The maximum absolute atomic E-state index is 13.5. The summed E-state index contributed by atoms with van der Waals surface area (Å²) in [6.07, 6.45) is 6.49. The molecule has 0 aliphatic heterocycles. The predicted molar refractivity (Wildman–Crippen MR) is 127 cm³/mol. The van der Waals surface area contributed by atoms with Gasteiger partial charge < -0.3 is 14.7 Å². The van der Waals surface area contributed by atoms with Gasteiger partial charge in [-0.1, -0.05) is 36.4 Å². The molecular weight excluding hydrogens is 400 g/mol. The maximum atomic E-state index is 13.5. The Bertz CT molecular complexity index is 907. The molecule has 32 heavy (non-hydrogen) atoms. The number of amides is 1. The number of aliphatic hydroxyl groups is 1. The van der Waals surface area contributed by atoms with E-state index in [9.17, 15) is 9.90 Å². The molecular formula is C27H36N2O3. The first-order valence-electron chi connectivity index (χ1n) is 11.9. The van der Waals surface area contributed by atoms with Gasteiger partial charge in [0.2, 0.25) is 5.91 Å². The van der Waals surface area contributed by atoms with Crippen molar-refractivity contribution in [3.63, 3.8) is 0 Å². The van der Waals surface area contributed by atoms with Crippen LogP contribution in [-0.2, 0) is 17.8 Å². The second-order valence-electron chi connectivity index (χ2n) is 9.33. The van der Waals surface area contributed by atoms with Crippen LogP contribution in [0.5, 0.6) is 5.75 Å². The molecule has 1 N–H and O–H groups in total. The van der Waals surface area contributed by atoms with Crippen LogP contribution in [0.15, 0.2) is 48.5 Å². The van der Waals surface area contributed by atoms with E-state index in [1.54, 1.807) is 7.11 Å². The van der Waals surface area contributed by atoms with Gasteiger partial charge in [0.25, 0.3) is 0 Å². The molecule has 5 heteroatoms. The van der Waals surface area contributed by atoms with Gasteiger partial charge in [-0.05, 0) is 73.8 Å². The molecule has 4 rings (SSSR count). The number of nitrogens with zero attached hydrogens (tertiary/aromatic N) is 2. The summed E-state index contributed by atoms with van der Waals surface area (Å²) >= 11 is 0. The lowest BCUT2D eigenvalue weighted by atomic mass is 9.87. The van der Waals surface area contributed by atoms with Gasteiger partial charge in [-0.3, -0.25) is 9.69 Å². The molecule has 0 saturated heterocycles. The predicted octanol–water partition coefficient (Wildman–Crippen LogP) is 4.34. The van der Waals surface area contributed by atoms with Gasteiger partial charge in [-0.25, -0.2) is 0 Å². The third-order valence-corrected chi connectivity index (χ3v) is 7.24. The van der Waals surface area contributed by atoms with Crippen LogP contribution in [0.2, 0.25) is 0 Å². The summed E-state index contributed by atoms with van der Waals surface area (Å²) in [6, 6.07) is 17.1. The van der Waals surface area contributed by atoms with E-state index in [0.717, 1.165) is 56.3 Å². The van der Waals surface area contributed by atoms with Crippen LogP contribution in [-0.4, -0.2) is 53.7 Å². The highest BCUT2D eigenvalue weighted by atomic mass is 16.5. The fourth-order valence-corrected chi connectivity index (χ4v) is 5.33. The Hall–Kier alpha value is -2.37. The fraction of sp³-hybridized carbons (Fsp3) is 0.519. The molecule has 2 aliphatic carbocycles. The van der Waals surface area contributed by atoms with Crippen LogP contribution < -0.4 is 4.74 Å². The number of aliphatic hydroxyl groups excluding tert-OH is 1. The van der Waals surface area contributed by atoms with Gasteiger partial charge in [0.1, 0.15) is 5.75 Å². The molecule has 1 saturated carbocycles. The lowest BCUT2D eigenvalue weighted by molar-refractivity contribution is -0.134. The number of rotatable bonds is 7. The largest absolute Gasteiger partial charge is 0.497 e. The van der Waals surface area contributed by atoms with E-state index in [4.69, 9.17) is 4.74 Å². The average Bonchev–Trinajstić information content (AvgIpc) is 2.83. The first-order valence-corrected chi connectivity index (χ1v) is 11.9.